The van der Waals surface area contributed by atoms with Gasteiger partial charge in [-0.25, -0.2) is 9.37 Å². The topological polar surface area (TPSA) is 97.1 Å². The third-order valence-electron chi connectivity index (χ3n) is 4.98. The minimum atomic E-state index is -0.534. The third-order valence-corrected chi connectivity index (χ3v) is 6.13. The van der Waals surface area contributed by atoms with Crippen LogP contribution in [0.25, 0.3) is 20.9 Å². The highest BCUT2D eigenvalue weighted by Crippen LogP contribution is 2.39. The number of aromatic nitrogens is 3. The Hall–Kier alpha value is -3.46. The van der Waals surface area contributed by atoms with Gasteiger partial charge in [-0.3, -0.25) is 9.78 Å². The number of nitrogens with one attached hydrogen (secondary N) is 1. The summed E-state index contributed by atoms with van der Waals surface area (Å²) in [5, 5.41) is 0. The van der Waals surface area contributed by atoms with E-state index >= 15 is 0 Å². The molecule has 1 aliphatic rings. The molecule has 212 valence electrons. The number of nitrogens with zero attached hydrogens (tertiary/aromatic N) is 3. The molecule has 39 heavy (non-hydrogen) atoms. The molecular weight excluding hydrogens is 513 g/mol. The van der Waals surface area contributed by atoms with Gasteiger partial charge in [0.05, 0.1) is 21.3 Å². The van der Waals surface area contributed by atoms with Crippen molar-refractivity contribution in [2.45, 2.75) is 67.7 Å². The number of likely N-dealkylation sites (tertiary alicyclic amines) is 1. The van der Waals surface area contributed by atoms with Crippen molar-refractivity contribution < 1.29 is 13.9 Å². The monoisotopic (exact) mass is 555 g/mol. The largest absolute Gasteiger partial charge is 0.453 e. The predicted molar refractivity (Wildman–Crippen MR) is 161 cm³/mol. The van der Waals surface area contributed by atoms with E-state index in [0.29, 0.717) is 28.5 Å². The second kappa shape index (κ2) is 15.8. The standard InChI is InChI=1S/C21H18FN5O2S.C4H10.C3H8.C2H6/c22-13-9-12(23)3-4-16(13)29-17-5-6-24-14-10-18(30-19(14)17)20-25-11-15(26-20)21(28)27-7-1-2-8-27;1-4(2)3;1-3-2;1-2/h3-6,9-11H,1-2,7-8,23H2,(H,25,26);4H,1-3H3;3H2,1-2H3;1-2H3. The van der Waals surface area contributed by atoms with Gasteiger partial charge in [-0.05, 0) is 37.0 Å². The summed E-state index contributed by atoms with van der Waals surface area (Å²) in [5.41, 5.74) is 7.10. The molecule has 4 heterocycles. The Labute approximate surface area is 235 Å². The van der Waals surface area contributed by atoms with E-state index in [1.54, 1.807) is 24.5 Å². The molecule has 1 aromatic carbocycles. The van der Waals surface area contributed by atoms with Crippen LogP contribution in [0.1, 0.15) is 78.2 Å². The number of H-pyrrole nitrogens is 1. The number of fused-ring (bicyclic) bond motifs is 1. The quantitative estimate of drug-likeness (QED) is 0.246. The Morgan fingerprint density at radius 3 is 2.36 bits per heavy atom. The zero-order valence-corrected chi connectivity index (χ0v) is 25.0. The number of aromatic amines is 1. The van der Waals surface area contributed by atoms with Crippen molar-refractivity contribution in [2.24, 2.45) is 5.92 Å². The maximum atomic E-state index is 14.1. The first-order valence-electron chi connectivity index (χ1n) is 13.7. The Kier molecular flexibility index (Phi) is 12.9. The fourth-order valence-corrected chi connectivity index (χ4v) is 4.49. The highest BCUT2D eigenvalue weighted by Gasteiger charge is 2.22. The van der Waals surface area contributed by atoms with Crippen LogP contribution >= 0.6 is 11.3 Å². The summed E-state index contributed by atoms with van der Waals surface area (Å²) >= 11 is 1.41. The van der Waals surface area contributed by atoms with Crippen LogP contribution in [0.2, 0.25) is 0 Å². The van der Waals surface area contributed by atoms with Crippen LogP contribution in [-0.2, 0) is 0 Å². The number of halogens is 1. The second-order valence-electron chi connectivity index (χ2n) is 9.51. The summed E-state index contributed by atoms with van der Waals surface area (Å²) in [7, 11) is 0. The summed E-state index contributed by atoms with van der Waals surface area (Å²) in [4.78, 5) is 27.1. The number of carbonyl (C=O) groups excluding carboxylic acids is 1. The van der Waals surface area contributed by atoms with Crippen molar-refractivity contribution >= 4 is 33.1 Å². The highest BCUT2D eigenvalue weighted by molar-refractivity contribution is 7.22. The van der Waals surface area contributed by atoms with Crippen molar-refractivity contribution in [3.05, 3.63) is 54.2 Å². The number of rotatable bonds is 4. The van der Waals surface area contributed by atoms with Gasteiger partial charge in [-0.15, -0.1) is 11.3 Å². The van der Waals surface area contributed by atoms with Gasteiger partial charge < -0.3 is 20.4 Å². The number of imidazole rings is 1. The number of pyridine rings is 1. The number of ether oxygens (including phenoxy) is 1. The maximum absolute atomic E-state index is 14.1. The number of nitrogens with two attached hydrogens (primary N) is 1. The smallest absolute Gasteiger partial charge is 0.271 e. The summed E-state index contributed by atoms with van der Waals surface area (Å²) in [6.07, 6.45) is 6.49. The van der Waals surface area contributed by atoms with Gasteiger partial charge in [0.25, 0.3) is 5.91 Å². The lowest BCUT2D eigenvalue weighted by Crippen LogP contribution is -2.27. The Bertz CT molecular complexity index is 1310. The predicted octanol–water partition coefficient (Wildman–Crippen LogP) is 8.54. The van der Waals surface area contributed by atoms with Crippen LogP contribution in [0.3, 0.4) is 0 Å². The van der Waals surface area contributed by atoms with E-state index in [0.717, 1.165) is 41.4 Å². The minimum Gasteiger partial charge on any atom is -0.453 e. The van der Waals surface area contributed by atoms with Crippen LogP contribution in [0.5, 0.6) is 11.5 Å². The number of thiophene rings is 1. The molecular formula is C30H42FN5O2S. The van der Waals surface area contributed by atoms with Crippen LogP contribution in [0.4, 0.5) is 10.1 Å². The van der Waals surface area contributed by atoms with E-state index in [-0.39, 0.29) is 11.7 Å². The lowest BCUT2D eigenvalue weighted by Gasteiger charge is -2.13. The number of nitrogen functional groups attached to an aromatic ring is 1. The van der Waals surface area contributed by atoms with Crippen molar-refractivity contribution in [1.29, 1.82) is 0 Å². The number of anilines is 1. The Balaban J connectivity index is 0.000000526. The van der Waals surface area contributed by atoms with Crippen molar-refractivity contribution in [3.8, 4) is 22.2 Å². The van der Waals surface area contributed by atoms with Crippen LogP contribution in [-0.4, -0.2) is 38.8 Å². The Morgan fingerprint density at radius 2 is 1.74 bits per heavy atom. The number of benzene rings is 1. The minimum absolute atomic E-state index is 0.0339. The van der Waals surface area contributed by atoms with Crippen molar-refractivity contribution in [2.75, 3.05) is 18.8 Å². The zero-order valence-electron chi connectivity index (χ0n) is 24.2. The van der Waals surface area contributed by atoms with Gasteiger partial charge in [0.1, 0.15) is 17.3 Å². The van der Waals surface area contributed by atoms with Gasteiger partial charge >= 0.3 is 0 Å². The van der Waals surface area contributed by atoms with E-state index in [2.05, 4.69) is 49.6 Å². The van der Waals surface area contributed by atoms with Crippen LogP contribution in [0.15, 0.2) is 42.7 Å². The summed E-state index contributed by atoms with van der Waals surface area (Å²) in [6, 6.07) is 7.85. The molecule has 0 radical (unpaired) electrons. The van der Waals surface area contributed by atoms with Gasteiger partial charge in [-0.2, -0.15) is 0 Å². The highest BCUT2D eigenvalue weighted by atomic mass is 32.1. The van der Waals surface area contributed by atoms with Gasteiger partial charge in [0.15, 0.2) is 11.6 Å². The van der Waals surface area contributed by atoms with Crippen LogP contribution in [0, 0.1) is 11.7 Å². The van der Waals surface area contributed by atoms with E-state index in [9.17, 15) is 9.18 Å². The third kappa shape index (κ3) is 9.06. The van der Waals surface area contributed by atoms with E-state index in [1.807, 2.05) is 24.8 Å². The van der Waals surface area contributed by atoms with E-state index < -0.39 is 5.82 Å². The van der Waals surface area contributed by atoms with Gasteiger partial charge in [0, 0.05) is 37.1 Å². The molecule has 0 saturated carbocycles. The molecule has 5 rings (SSSR count). The molecule has 0 aliphatic carbocycles. The van der Waals surface area contributed by atoms with Gasteiger partial charge in [-0.1, -0.05) is 54.9 Å². The molecule has 0 spiro atoms. The molecule has 0 bridgehead atoms. The molecule has 0 atom stereocenters. The first kappa shape index (κ1) is 31.8. The molecule has 1 amide bonds. The normalized spacial score (nSPS) is 12.2. The first-order valence-corrected chi connectivity index (χ1v) is 14.5. The van der Waals surface area contributed by atoms with Gasteiger partial charge in [0.2, 0.25) is 0 Å². The molecule has 0 unspecified atom stereocenters. The summed E-state index contributed by atoms with van der Waals surface area (Å²) < 4.78 is 20.7. The SMILES string of the molecule is CC.CC(C)C.CCC.Nc1ccc(Oc2ccnc3cc(-c4ncc(C(=O)N5CCCC5)[nH]4)sc23)c(F)c1. The molecule has 9 heteroatoms. The molecule has 3 N–H and O–H groups in total. The fraction of sp³-hybridized carbons (Fsp3) is 0.433. The first-order chi connectivity index (χ1) is 18.7. The number of hydrogen-bond donors (Lipinski definition) is 2. The fourth-order valence-electron chi connectivity index (χ4n) is 3.48. The van der Waals surface area contributed by atoms with Crippen molar-refractivity contribution in [3.63, 3.8) is 0 Å². The van der Waals surface area contributed by atoms with E-state index in [4.69, 9.17) is 10.5 Å². The average Bonchev–Trinajstić information content (AvgIpc) is 3.67. The van der Waals surface area contributed by atoms with Crippen LogP contribution < -0.4 is 10.5 Å². The molecule has 1 saturated heterocycles. The Morgan fingerprint density at radius 1 is 1.10 bits per heavy atom. The average molecular weight is 556 g/mol. The second-order valence-corrected chi connectivity index (χ2v) is 10.6. The molecule has 1 aliphatic heterocycles. The zero-order chi connectivity index (χ0) is 28.9. The lowest BCUT2D eigenvalue weighted by molar-refractivity contribution is 0.0787. The van der Waals surface area contributed by atoms with Crippen molar-refractivity contribution in [1.82, 2.24) is 19.9 Å². The number of carbonyl (C=O) groups is 1. The number of hydrogen-bond acceptors (Lipinski definition) is 6. The number of amides is 1. The lowest BCUT2D eigenvalue weighted by atomic mass is 10.3. The molecule has 3 aromatic heterocycles. The maximum Gasteiger partial charge on any atom is 0.271 e. The summed E-state index contributed by atoms with van der Waals surface area (Å²) in [5.74, 6) is 1.43. The molecule has 1 fully saturated rings. The van der Waals surface area contributed by atoms with E-state index in [1.165, 1.54) is 29.9 Å². The molecule has 7 nitrogen and oxygen atoms in total. The summed E-state index contributed by atoms with van der Waals surface area (Å²) in [6.45, 7) is 16.3. The molecule has 4 aromatic rings.